The molecular weight excluding hydrogens is 256 g/mol. The average molecular weight is 276 g/mol. The van der Waals surface area contributed by atoms with Crippen LogP contribution in [0.5, 0.6) is 0 Å². The summed E-state index contributed by atoms with van der Waals surface area (Å²) in [5.41, 5.74) is 2.03. The molecule has 2 N–H and O–H groups in total. The molecule has 0 aliphatic rings. The van der Waals surface area contributed by atoms with Crippen LogP contribution < -0.4 is 5.32 Å². The number of carboxylic acid groups (broad SMARTS) is 1. The normalized spacial score (nSPS) is 11.7. The summed E-state index contributed by atoms with van der Waals surface area (Å²) in [5.74, 6) is -0.683. The Morgan fingerprint density at radius 1 is 1.35 bits per heavy atom. The SMILES string of the molecule is CCCC(Nc1nnc(CC)c(CC)c1C#N)C(=O)O. The van der Waals surface area contributed by atoms with Crippen molar-refractivity contribution in [3.63, 3.8) is 0 Å². The summed E-state index contributed by atoms with van der Waals surface area (Å²) in [6.45, 7) is 5.81. The highest BCUT2D eigenvalue weighted by atomic mass is 16.4. The molecule has 1 heterocycles. The van der Waals surface area contributed by atoms with Crippen molar-refractivity contribution in [3.8, 4) is 6.07 Å². The lowest BCUT2D eigenvalue weighted by molar-refractivity contribution is -0.138. The highest BCUT2D eigenvalue weighted by Gasteiger charge is 2.21. The van der Waals surface area contributed by atoms with Gasteiger partial charge in [0.2, 0.25) is 0 Å². The predicted molar refractivity (Wildman–Crippen MR) is 75.5 cm³/mol. The first-order valence-electron chi connectivity index (χ1n) is 6.86. The summed E-state index contributed by atoms with van der Waals surface area (Å²) in [7, 11) is 0. The maximum Gasteiger partial charge on any atom is 0.326 e. The molecule has 1 rings (SSSR count). The first kappa shape index (κ1) is 15.9. The minimum atomic E-state index is -0.949. The molecule has 0 aromatic carbocycles. The topological polar surface area (TPSA) is 98.9 Å². The Kier molecular flexibility index (Phi) is 5.91. The van der Waals surface area contributed by atoms with E-state index in [1.165, 1.54) is 0 Å². The zero-order valence-electron chi connectivity index (χ0n) is 12.1. The second-order valence-electron chi connectivity index (χ2n) is 4.49. The molecule has 0 amide bonds. The average Bonchev–Trinajstić information content (AvgIpc) is 2.45. The number of carboxylic acids is 1. The summed E-state index contributed by atoms with van der Waals surface area (Å²) in [6.07, 6.45) is 2.57. The molecule has 1 aromatic heterocycles. The standard InChI is InChI=1S/C14H20N4O2/c1-4-7-12(14(19)20)16-13-10(8-15)9(5-2)11(6-3)17-18-13/h12H,4-7H2,1-3H3,(H,16,18)(H,19,20). The van der Waals surface area contributed by atoms with Crippen LogP contribution in [-0.4, -0.2) is 27.3 Å². The number of rotatable bonds is 7. The number of aromatic nitrogens is 2. The lowest BCUT2D eigenvalue weighted by atomic mass is 10.0. The van der Waals surface area contributed by atoms with E-state index >= 15 is 0 Å². The summed E-state index contributed by atoms with van der Waals surface area (Å²) in [4.78, 5) is 11.2. The van der Waals surface area contributed by atoms with Crippen molar-refractivity contribution in [2.24, 2.45) is 0 Å². The maximum absolute atomic E-state index is 11.2. The van der Waals surface area contributed by atoms with Gasteiger partial charge in [0.15, 0.2) is 5.82 Å². The minimum absolute atomic E-state index is 0.266. The van der Waals surface area contributed by atoms with Crippen LogP contribution >= 0.6 is 0 Å². The minimum Gasteiger partial charge on any atom is -0.480 e. The molecule has 1 atom stereocenters. The van der Waals surface area contributed by atoms with Crippen LogP contribution in [0, 0.1) is 11.3 Å². The lowest BCUT2D eigenvalue weighted by Crippen LogP contribution is -2.30. The molecule has 0 saturated carbocycles. The molecule has 0 aliphatic carbocycles. The van der Waals surface area contributed by atoms with Gasteiger partial charge in [-0.05, 0) is 24.8 Å². The Hall–Kier alpha value is -2.16. The van der Waals surface area contributed by atoms with Gasteiger partial charge in [0.05, 0.1) is 5.69 Å². The molecule has 1 unspecified atom stereocenters. The number of hydrogen-bond acceptors (Lipinski definition) is 5. The van der Waals surface area contributed by atoms with Crippen molar-refractivity contribution in [2.45, 2.75) is 52.5 Å². The number of carbonyl (C=O) groups is 1. The largest absolute Gasteiger partial charge is 0.480 e. The van der Waals surface area contributed by atoms with E-state index in [0.29, 0.717) is 24.8 Å². The highest BCUT2D eigenvalue weighted by molar-refractivity contribution is 5.77. The molecule has 0 saturated heterocycles. The van der Waals surface area contributed by atoms with Gasteiger partial charge in [-0.3, -0.25) is 0 Å². The number of nitrogens with zero attached hydrogens (tertiary/aromatic N) is 3. The third kappa shape index (κ3) is 3.44. The Balaban J connectivity index is 3.18. The van der Waals surface area contributed by atoms with Crippen LogP contribution in [0.3, 0.4) is 0 Å². The summed E-state index contributed by atoms with van der Waals surface area (Å²) < 4.78 is 0. The van der Waals surface area contributed by atoms with E-state index < -0.39 is 12.0 Å². The predicted octanol–water partition coefficient (Wildman–Crippen LogP) is 2.14. The van der Waals surface area contributed by atoms with Crippen molar-refractivity contribution < 1.29 is 9.90 Å². The third-order valence-electron chi connectivity index (χ3n) is 3.14. The molecule has 0 fully saturated rings. The Morgan fingerprint density at radius 3 is 2.50 bits per heavy atom. The van der Waals surface area contributed by atoms with E-state index in [9.17, 15) is 10.1 Å². The quantitative estimate of drug-likeness (QED) is 0.791. The van der Waals surface area contributed by atoms with Gasteiger partial charge in [-0.25, -0.2) is 4.79 Å². The molecule has 6 heteroatoms. The fourth-order valence-electron chi connectivity index (χ4n) is 2.11. The van der Waals surface area contributed by atoms with Crippen LogP contribution in [-0.2, 0) is 17.6 Å². The second kappa shape index (κ2) is 7.43. The van der Waals surface area contributed by atoms with Crippen LogP contribution in [0.25, 0.3) is 0 Å². The third-order valence-corrected chi connectivity index (χ3v) is 3.14. The van der Waals surface area contributed by atoms with Gasteiger partial charge in [0.25, 0.3) is 0 Å². The monoisotopic (exact) mass is 276 g/mol. The van der Waals surface area contributed by atoms with Crippen molar-refractivity contribution in [2.75, 3.05) is 5.32 Å². The molecular formula is C14H20N4O2. The van der Waals surface area contributed by atoms with Gasteiger partial charge in [-0.15, -0.1) is 5.10 Å². The van der Waals surface area contributed by atoms with E-state index in [2.05, 4.69) is 21.6 Å². The summed E-state index contributed by atoms with van der Waals surface area (Å²) in [6, 6.07) is 1.37. The van der Waals surface area contributed by atoms with Gasteiger partial charge in [0, 0.05) is 0 Å². The smallest absolute Gasteiger partial charge is 0.326 e. The van der Waals surface area contributed by atoms with Gasteiger partial charge in [-0.2, -0.15) is 10.4 Å². The van der Waals surface area contributed by atoms with Crippen molar-refractivity contribution >= 4 is 11.8 Å². The molecule has 1 aromatic rings. The Bertz CT molecular complexity index is 523. The van der Waals surface area contributed by atoms with Crippen molar-refractivity contribution in [3.05, 3.63) is 16.8 Å². The van der Waals surface area contributed by atoms with Crippen LogP contribution in [0.15, 0.2) is 0 Å². The van der Waals surface area contributed by atoms with E-state index in [-0.39, 0.29) is 5.82 Å². The molecule has 0 aliphatic heterocycles. The Labute approximate surface area is 118 Å². The maximum atomic E-state index is 11.2. The van der Waals surface area contributed by atoms with Crippen LogP contribution in [0.4, 0.5) is 5.82 Å². The zero-order valence-corrected chi connectivity index (χ0v) is 12.1. The number of aliphatic carboxylic acids is 1. The molecule has 0 radical (unpaired) electrons. The first-order valence-corrected chi connectivity index (χ1v) is 6.86. The summed E-state index contributed by atoms with van der Waals surface area (Å²) in [5, 5.41) is 29.4. The first-order chi connectivity index (χ1) is 9.58. The van der Waals surface area contributed by atoms with Gasteiger partial charge >= 0.3 is 5.97 Å². The lowest BCUT2D eigenvalue weighted by Gasteiger charge is -2.16. The van der Waals surface area contributed by atoms with E-state index in [1.807, 2.05) is 20.8 Å². The molecule has 0 bridgehead atoms. The number of anilines is 1. The molecule has 6 nitrogen and oxygen atoms in total. The molecule has 108 valence electrons. The Morgan fingerprint density at radius 2 is 2.05 bits per heavy atom. The van der Waals surface area contributed by atoms with Gasteiger partial charge in [-0.1, -0.05) is 27.2 Å². The fraction of sp³-hybridized carbons (Fsp3) is 0.571. The number of nitriles is 1. The van der Waals surface area contributed by atoms with Gasteiger partial charge < -0.3 is 10.4 Å². The summed E-state index contributed by atoms with van der Waals surface area (Å²) >= 11 is 0. The van der Waals surface area contributed by atoms with E-state index in [1.54, 1.807) is 0 Å². The van der Waals surface area contributed by atoms with Crippen LogP contribution in [0.2, 0.25) is 0 Å². The number of aryl methyl sites for hydroxylation is 1. The van der Waals surface area contributed by atoms with Crippen molar-refractivity contribution in [1.82, 2.24) is 10.2 Å². The highest BCUT2D eigenvalue weighted by Crippen LogP contribution is 2.21. The number of hydrogen-bond donors (Lipinski definition) is 2. The zero-order chi connectivity index (χ0) is 15.1. The molecule has 0 spiro atoms. The van der Waals surface area contributed by atoms with Crippen LogP contribution in [0.1, 0.15) is 50.4 Å². The second-order valence-corrected chi connectivity index (χ2v) is 4.49. The molecule has 20 heavy (non-hydrogen) atoms. The van der Waals surface area contributed by atoms with Crippen molar-refractivity contribution in [1.29, 1.82) is 5.26 Å². The van der Waals surface area contributed by atoms with E-state index in [4.69, 9.17) is 5.11 Å². The van der Waals surface area contributed by atoms with Gasteiger partial charge in [0.1, 0.15) is 17.7 Å². The fourth-order valence-corrected chi connectivity index (χ4v) is 2.11. The van der Waals surface area contributed by atoms with E-state index in [0.717, 1.165) is 17.7 Å². The number of nitrogens with one attached hydrogen (secondary N) is 1.